The average molecular weight is 199 g/mol. The Kier molecular flexibility index (Phi) is 6.21. The van der Waals surface area contributed by atoms with E-state index in [1.165, 1.54) is 0 Å². The minimum Gasteiger partial charge on any atom is -0.478 e. The van der Waals surface area contributed by atoms with Gasteiger partial charge in [-0.15, -0.1) is 0 Å². The van der Waals surface area contributed by atoms with Crippen LogP contribution in [0, 0.1) is 0 Å². The second-order valence-electron chi connectivity index (χ2n) is 3.91. The molecule has 14 heavy (non-hydrogen) atoms. The van der Waals surface area contributed by atoms with Crippen LogP contribution in [0.25, 0.3) is 0 Å². The van der Waals surface area contributed by atoms with Crippen molar-refractivity contribution in [3.05, 3.63) is 11.6 Å². The lowest BCUT2D eigenvalue weighted by atomic mass is 10.2. The van der Waals surface area contributed by atoms with Crippen molar-refractivity contribution in [2.75, 3.05) is 13.6 Å². The Morgan fingerprint density at radius 2 is 2.07 bits per heavy atom. The van der Waals surface area contributed by atoms with E-state index in [2.05, 4.69) is 25.8 Å². The second kappa shape index (κ2) is 6.60. The van der Waals surface area contributed by atoms with E-state index in [1.54, 1.807) is 13.0 Å². The Balaban J connectivity index is 3.66. The number of rotatable bonds is 6. The van der Waals surface area contributed by atoms with Crippen LogP contribution in [0.1, 0.15) is 33.6 Å². The third-order valence-electron chi connectivity index (χ3n) is 2.38. The lowest BCUT2D eigenvalue weighted by Crippen LogP contribution is -2.27. The van der Waals surface area contributed by atoms with E-state index < -0.39 is 5.97 Å². The monoisotopic (exact) mass is 199 g/mol. The summed E-state index contributed by atoms with van der Waals surface area (Å²) in [6.45, 7) is 6.95. The van der Waals surface area contributed by atoms with Gasteiger partial charge in [0.15, 0.2) is 0 Å². The molecule has 0 radical (unpaired) electrons. The number of unbranched alkanes of at least 4 members (excludes halogenated alkanes) is 1. The first-order valence-electron chi connectivity index (χ1n) is 5.05. The Hall–Kier alpha value is -0.830. The van der Waals surface area contributed by atoms with Gasteiger partial charge in [-0.25, -0.2) is 4.79 Å². The average Bonchev–Trinajstić information content (AvgIpc) is 2.11. The van der Waals surface area contributed by atoms with E-state index in [4.69, 9.17) is 5.11 Å². The van der Waals surface area contributed by atoms with Crippen LogP contribution in [0.3, 0.4) is 0 Å². The topological polar surface area (TPSA) is 40.5 Å². The van der Waals surface area contributed by atoms with Crippen LogP contribution in [0.5, 0.6) is 0 Å². The van der Waals surface area contributed by atoms with Gasteiger partial charge >= 0.3 is 5.97 Å². The quantitative estimate of drug-likeness (QED) is 0.526. The number of carbonyl (C=O) groups is 1. The molecule has 0 aromatic rings. The van der Waals surface area contributed by atoms with Crippen LogP contribution in [0.15, 0.2) is 11.6 Å². The molecule has 0 saturated carbocycles. The highest BCUT2D eigenvalue weighted by Gasteiger charge is 2.02. The standard InChI is InChI=1S/C11H21NO2/c1-9(2)12(4)8-6-5-7-10(3)11(13)14/h7,9H,5-6,8H2,1-4H3,(H,13,14). The third kappa shape index (κ3) is 5.75. The van der Waals surface area contributed by atoms with E-state index in [1.807, 2.05) is 0 Å². The van der Waals surface area contributed by atoms with E-state index in [-0.39, 0.29) is 0 Å². The highest BCUT2D eigenvalue weighted by molar-refractivity contribution is 5.85. The number of hydrogen-bond donors (Lipinski definition) is 1. The zero-order valence-corrected chi connectivity index (χ0v) is 9.58. The molecule has 0 saturated heterocycles. The molecule has 0 aromatic carbocycles. The SMILES string of the molecule is CC(=CCCCN(C)C(C)C)C(=O)O. The van der Waals surface area contributed by atoms with E-state index >= 15 is 0 Å². The molecule has 0 aliphatic rings. The molecule has 0 aliphatic heterocycles. The summed E-state index contributed by atoms with van der Waals surface area (Å²) in [4.78, 5) is 12.7. The second-order valence-corrected chi connectivity index (χ2v) is 3.91. The van der Waals surface area contributed by atoms with Crippen molar-refractivity contribution in [3.63, 3.8) is 0 Å². The van der Waals surface area contributed by atoms with Crippen LogP contribution < -0.4 is 0 Å². The predicted molar refractivity (Wildman–Crippen MR) is 58.4 cm³/mol. The first-order chi connectivity index (χ1) is 6.45. The lowest BCUT2D eigenvalue weighted by molar-refractivity contribution is -0.132. The summed E-state index contributed by atoms with van der Waals surface area (Å²) in [6.07, 6.45) is 3.64. The largest absolute Gasteiger partial charge is 0.478 e. The maximum absolute atomic E-state index is 10.5. The summed E-state index contributed by atoms with van der Waals surface area (Å²) >= 11 is 0. The van der Waals surface area contributed by atoms with Gasteiger partial charge in [-0.1, -0.05) is 6.08 Å². The molecule has 0 bridgehead atoms. The van der Waals surface area contributed by atoms with Crippen molar-refractivity contribution in [2.24, 2.45) is 0 Å². The van der Waals surface area contributed by atoms with Gasteiger partial charge in [0, 0.05) is 11.6 Å². The number of carboxylic acids is 1. The Bertz CT molecular complexity index is 209. The molecule has 0 fully saturated rings. The van der Waals surface area contributed by atoms with Crippen LogP contribution in [0.4, 0.5) is 0 Å². The lowest BCUT2D eigenvalue weighted by Gasteiger charge is -2.20. The van der Waals surface area contributed by atoms with Gasteiger partial charge in [0.05, 0.1) is 0 Å². The van der Waals surface area contributed by atoms with Gasteiger partial charge < -0.3 is 10.0 Å². The van der Waals surface area contributed by atoms with Crippen LogP contribution in [-0.2, 0) is 4.79 Å². The molecule has 1 N–H and O–H groups in total. The van der Waals surface area contributed by atoms with Crippen molar-refractivity contribution in [1.29, 1.82) is 0 Å². The zero-order chi connectivity index (χ0) is 11.1. The van der Waals surface area contributed by atoms with Gasteiger partial charge in [0.2, 0.25) is 0 Å². The van der Waals surface area contributed by atoms with Gasteiger partial charge in [-0.3, -0.25) is 0 Å². The van der Waals surface area contributed by atoms with Crippen molar-refractivity contribution in [1.82, 2.24) is 4.90 Å². The van der Waals surface area contributed by atoms with Crippen molar-refractivity contribution >= 4 is 5.97 Å². The molecule has 3 nitrogen and oxygen atoms in total. The highest BCUT2D eigenvalue weighted by Crippen LogP contribution is 2.01. The summed E-state index contributed by atoms with van der Waals surface area (Å²) in [6, 6.07) is 0.555. The van der Waals surface area contributed by atoms with Gasteiger partial charge in [-0.05, 0) is 47.2 Å². The van der Waals surface area contributed by atoms with Crippen molar-refractivity contribution in [3.8, 4) is 0 Å². The molecule has 0 spiro atoms. The molecule has 0 unspecified atom stereocenters. The molecule has 0 aliphatic carbocycles. The minimum absolute atomic E-state index is 0.442. The predicted octanol–water partition coefficient (Wildman–Crippen LogP) is 2.14. The van der Waals surface area contributed by atoms with E-state index in [9.17, 15) is 4.79 Å². The van der Waals surface area contributed by atoms with Gasteiger partial charge in [0.25, 0.3) is 0 Å². The van der Waals surface area contributed by atoms with Crippen LogP contribution in [-0.4, -0.2) is 35.6 Å². The number of allylic oxidation sites excluding steroid dienone is 1. The Morgan fingerprint density at radius 1 is 1.50 bits per heavy atom. The Labute approximate surface area is 86.4 Å². The normalized spacial score (nSPS) is 12.6. The number of carboxylic acid groups (broad SMARTS) is 1. The summed E-state index contributed by atoms with van der Waals surface area (Å²) < 4.78 is 0. The summed E-state index contributed by atoms with van der Waals surface area (Å²) in [7, 11) is 2.08. The van der Waals surface area contributed by atoms with E-state index in [0.717, 1.165) is 19.4 Å². The molecule has 0 rings (SSSR count). The molecular weight excluding hydrogens is 178 g/mol. The number of hydrogen-bond acceptors (Lipinski definition) is 2. The molecule has 82 valence electrons. The fourth-order valence-electron chi connectivity index (χ4n) is 1.00. The smallest absolute Gasteiger partial charge is 0.330 e. The summed E-state index contributed by atoms with van der Waals surface area (Å²) in [5.74, 6) is -0.817. The van der Waals surface area contributed by atoms with Gasteiger partial charge in [-0.2, -0.15) is 0 Å². The Morgan fingerprint density at radius 3 is 2.50 bits per heavy atom. The maximum atomic E-state index is 10.5. The molecular formula is C11H21NO2. The number of aliphatic carboxylic acids is 1. The summed E-state index contributed by atoms with van der Waals surface area (Å²) in [5, 5.41) is 8.60. The molecule has 0 atom stereocenters. The first-order valence-corrected chi connectivity index (χ1v) is 5.05. The molecule has 3 heteroatoms. The zero-order valence-electron chi connectivity index (χ0n) is 9.58. The third-order valence-corrected chi connectivity index (χ3v) is 2.38. The number of nitrogens with zero attached hydrogens (tertiary/aromatic N) is 1. The fraction of sp³-hybridized carbons (Fsp3) is 0.727. The first kappa shape index (κ1) is 13.2. The molecule has 0 aromatic heterocycles. The minimum atomic E-state index is -0.817. The van der Waals surface area contributed by atoms with Gasteiger partial charge in [0.1, 0.15) is 0 Å². The fourth-order valence-corrected chi connectivity index (χ4v) is 1.00. The highest BCUT2D eigenvalue weighted by atomic mass is 16.4. The van der Waals surface area contributed by atoms with Crippen LogP contribution in [0.2, 0.25) is 0 Å². The molecule has 0 amide bonds. The van der Waals surface area contributed by atoms with Crippen molar-refractivity contribution < 1.29 is 9.90 Å². The summed E-state index contributed by atoms with van der Waals surface area (Å²) in [5.41, 5.74) is 0.442. The molecule has 0 heterocycles. The van der Waals surface area contributed by atoms with Crippen molar-refractivity contribution in [2.45, 2.75) is 39.7 Å². The van der Waals surface area contributed by atoms with E-state index in [0.29, 0.717) is 11.6 Å². The van der Waals surface area contributed by atoms with Crippen LogP contribution >= 0.6 is 0 Å². The maximum Gasteiger partial charge on any atom is 0.330 e.